The van der Waals surface area contributed by atoms with Gasteiger partial charge in [0, 0.05) is 36.0 Å². The van der Waals surface area contributed by atoms with Gasteiger partial charge >= 0.3 is 0 Å². The van der Waals surface area contributed by atoms with Gasteiger partial charge in [-0.15, -0.1) is 0 Å². The molecule has 1 fully saturated rings. The average Bonchev–Trinajstić information content (AvgIpc) is 2.68. The first-order valence-corrected chi connectivity index (χ1v) is 9.49. The third kappa shape index (κ3) is 3.61. The first kappa shape index (κ1) is 19.1. The molecule has 2 N–H and O–H groups in total. The summed E-state index contributed by atoms with van der Waals surface area (Å²) in [5, 5.41) is 0.384. The molecule has 3 aromatic rings. The molecule has 6 nitrogen and oxygen atoms in total. The highest BCUT2D eigenvalue weighted by Crippen LogP contribution is 2.26. The minimum atomic E-state index is -0.799. The molecule has 0 aliphatic carbocycles. The van der Waals surface area contributed by atoms with Gasteiger partial charge in [-0.1, -0.05) is 0 Å². The van der Waals surface area contributed by atoms with Crippen molar-refractivity contribution < 1.29 is 13.9 Å². The number of hydrogen-bond acceptors (Lipinski definition) is 4. The van der Waals surface area contributed by atoms with Crippen molar-refractivity contribution in [1.82, 2.24) is 4.57 Å². The second kappa shape index (κ2) is 7.33. The van der Waals surface area contributed by atoms with Crippen LogP contribution in [-0.4, -0.2) is 35.8 Å². The van der Waals surface area contributed by atoms with Crippen LogP contribution in [0.3, 0.4) is 0 Å². The van der Waals surface area contributed by atoms with Crippen LogP contribution in [0.2, 0.25) is 0 Å². The van der Waals surface area contributed by atoms with Crippen molar-refractivity contribution in [1.29, 1.82) is 0 Å². The van der Waals surface area contributed by atoms with Crippen molar-refractivity contribution in [3.63, 3.8) is 0 Å². The van der Waals surface area contributed by atoms with Crippen LogP contribution >= 0.6 is 0 Å². The van der Waals surface area contributed by atoms with E-state index in [9.17, 15) is 14.0 Å². The fraction of sp³-hybridized carbons (Fsp3) is 0.273. The van der Waals surface area contributed by atoms with Crippen LogP contribution < -0.4 is 16.1 Å². The molecule has 2 aromatic carbocycles. The maximum absolute atomic E-state index is 13.4. The number of anilines is 1. The predicted octanol–water partition coefficient (Wildman–Crippen LogP) is 2.84. The Morgan fingerprint density at radius 1 is 1.07 bits per heavy atom. The van der Waals surface area contributed by atoms with E-state index in [2.05, 4.69) is 4.90 Å². The number of morpholine rings is 1. The molecular formula is C22H22FN3O3. The standard InChI is InChI=1S/C22H22FN3O3/c1-13-10-25(11-14(2)29-13)17-7-8-20-18(9-17)21(27)19(22(24)28)12-26(20)16-5-3-15(23)4-6-16/h3-9,12-14H,10-11H2,1-2H3,(H2,24,28)/t13-,14+. The van der Waals surface area contributed by atoms with Gasteiger partial charge < -0.3 is 19.9 Å². The maximum atomic E-state index is 13.4. The van der Waals surface area contributed by atoms with Gasteiger partial charge in [-0.05, 0) is 56.3 Å². The zero-order valence-corrected chi connectivity index (χ0v) is 16.3. The maximum Gasteiger partial charge on any atom is 0.254 e. The summed E-state index contributed by atoms with van der Waals surface area (Å²) in [7, 11) is 0. The molecule has 0 radical (unpaired) electrons. The summed E-state index contributed by atoms with van der Waals surface area (Å²) < 4.78 is 20.8. The van der Waals surface area contributed by atoms with Gasteiger partial charge in [-0.25, -0.2) is 4.39 Å². The molecule has 1 aliphatic heterocycles. The number of rotatable bonds is 3. The third-order valence-corrected chi connectivity index (χ3v) is 5.14. The fourth-order valence-electron chi connectivity index (χ4n) is 3.89. The predicted molar refractivity (Wildman–Crippen MR) is 110 cm³/mol. The van der Waals surface area contributed by atoms with Crippen molar-refractivity contribution >= 4 is 22.5 Å². The first-order chi connectivity index (χ1) is 13.8. The Hall–Kier alpha value is -3.19. The van der Waals surface area contributed by atoms with Crippen LogP contribution in [0.5, 0.6) is 0 Å². The molecular weight excluding hydrogens is 373 g/mol. The van der Waals surface area contributed by atoms with E-state index >= 15 is 0 Å². The summed E-state index contributed by atoms with van der Waals surface area (Å²) in [4.78, 5) is 27.0. The summed E-state index contributed by atoms with van der Waals surface area (Å²) in [6.07, 6.45) is 1.56. The molecule has 1 amide bonds. The SMILES string of the molecule is C[C@@H]1CN(c2ccc3c(c2)c(=O)c(C(N)=O)cn3-c2ccc(F)cc2)C[C@H](C)O1. The van der Waals surface area contributed by atoms with Crippen LogP contribution in [-0.2, 0) is 4.74 Å². The monoisotopic (exact) mass is 395 g/mol. The molecule has 4 rings (SSSR count). The lowest BCUT2D eigenvalue weighted by Crippen LogP contribution is -2.45. The van der Waals surface area contributed by atoms with Crippen LogP contribution in [0.4, 0.5) is 10.1 Å². The van der Waals surface area contributed by atoms with E-state index in [0.29, 0.717) is 29.7 Å². The number of pyridine rings is 1. The highest BCUT2D eigenvalue weighted by molar-refractivity contribution is 5.97. The average molecular weight is 395 g/mol. The van der Waals surface area contributed by atoms with E-state index in [1.54, 1.807) is 22.8 Å². The van der Waals surface area contributed by atoms with Gasteiger partial charge in [0.2, 0.25) is 5.43 Å². The number of nitrogens with two attached hydrogens (primary N) is 1. The van der Waals surface area contributed by atoms with Crippen molar-refractivity contribution in [2.24, 2.45) is 5.73 Å². The van der Waals surface area contributed by atoms with Crippen molar-refractivity contribution in [3.8, 4) is 5.69 Å². The van der Waals surface area contributed by atoms with E-state index in [-0.39, 0.29) is 23.6 Å². The lowest BCUT2D eigenvalue weighted by Gasteiger charge is -2.37. The van der Waals surface area contributed by atoms with Gasteiger partial charge in [0.1, 0.15) is 11.4 Å². The lowest BCUT2D eigenvalue weighted by atomic mass is 10.1. The summed E-state index contributed by atoms with van der Waals surface area (Å²) in [5.74, 6) is -1.17. The van der Waals surface area contributed by atoms with Crippen LogP contribution in [0, 0.1) is 5.82 Å². The number of benzene rings is 2. The normalized spacial score (nSPS) is 19.5. The van der Waals surface area contributed by atoms with E-state index in [1.807, 2.05) is 26.0 Å². The Balaban J connectivity index is 1.91. The Morgan fingerprint density at radius 2 is 1.69 bits per heavy atom. The highest BCUT2D eigenvalue weighted by atomic mass is 19.1. The Morgan fingerprint density at radius 3 is 2.31 bits per heavy atom. The van der Waals surface area contributed by atoms with E-state index in [0.717, 1.165) is 5.69 Å². The van der Waals surface area contributed by atoms with Crippen LogP contribution in [0.1, 0.15) is 24.2 Å². The van der Waals surface area contributed by atoms with Crippen molar-refractivity contribution in [2.45, 2.75) is 26.1 Å². The number of ether oxygens (including phenoxy) is 1. The van der Waals surface area contributed by atoms with E-state index in [1.165, 1.54) is 18.3 Å². The third-order valence-electron chi connectivity index (χ3n) is 5.14. The number of primary amides is 1. The lowest BCUT2D eigenvalue weighted by molar-refractivity contribution is -0.00521. The molecule has 29 heavy (non-hydrogen) atoms. The number of carbonyl (C=O) groups excluding carboxylic acids is 1. The van der Waals surface area contributed by atoms with Crippen LogP contribution in [0.25, 0.3) is 16.6 Å². The highest BCUT2D eigenvalue weighted by Gasteiger charge is 2.23. The summed E-state index contributed by atoms with van der Waals surface area (Å²) >= 11 is 0. The summed E-state index contributed by atoms with van der Waals surface area (Å²) in [6.45, 7) is 5.43. The number of fused-ring (bicyclic) bond motifs is 1. The number of carbonyl (C=O) groups is 1. The largest absolute Gasteiger partial charge is 0.372 e. The minimum Gasteiger partial charge on any atom is -0.372 e. The summed E-state index contributed by atoms with van der Waals surface area (Å²) in [5.41, 5.74) is 7.05. The Bertz CT molecular complexity index is 1130. The fourth-order valence-corrected chi connectivity index (χ4v) is 3.89. The Kier molecular flexibility index (Phi) is 4.84. The number of amides is 1. The number of aromatic nitrogens is 1. The zero-order valence-electron chi connectivity index (χ0n) is 16.3. The molecule has 1 aromatic heterocycles. The van der Waals surface area contributed by atoms with Gasteiger partial charge in [0.05, 0.1) is 17.7 Å². The first-order valence-electron chi connectivity index (χ1n) is 9.49. The number of nitrogens with zero attached hydrogens (tertiary/aromatic N) is 2. The zero-order chi connectivity index (χ0) is 20.7. The van der Waals surface area contributed by atoms with E-state index in [4.69, 9.17) is 10.5 Å². The minimum absolute atomic E-state index is 0.0715. The van der Waals surface area contributed by atoms with Crippen molar-refractivity contribution in [2.75, 3.05) is 18.0 Å². The second-order valence-electron chi connectivity index (χ2n) is 7.45. The molecule has 7 heteroatoms. The molecule has 0 spiro atoms. The quantitative estimate of drug-likeness (QED) is 0.740. The second-order valence-corrected chi connectivity index (χ2v) is 7.45. The van der Waals surface area contributed by atoms with Gasteiger partial charge in [-0.3, -0.25) is 9.59 Å². The molecule has 1 saturated heterocycles. The molecule has 0 unspecified atom stereocenters. The molecule has 2 atom stereocenters. The number of hydrogen-bond donors (Lipinski definition) is 1. The van der Waals surface area contributed by atoms with Crippen molar-refractivity contribution in [3.05, 3.63) is 70.3 Å². The smallest absolute Gasteiger partial charge is 0.254 e. The number of halogens is 1. The molecule has 0 saturated carbocycles. The van der Waals surface area contributed by atoms with Gasteiger partial charge in [0.25, 0.3) is 5.91 Å². The van der Waals surface area contributed by atoms with Gasteiger partial charge in [-0.2, -0.15) is 0 Å². The molecule has 0 bridgehead atoms. The molecule has 150 valence electrons. The Labute approximate surface area is 167 Å². The topological polar surface area (TPSA) is 77.6 Å². The van der Waals surface area contributed by atoms with Gasteiger partial charge in [0.15, 0.2) is 0 Å². The molecule has 1 aliphatic rings. The summed E-state index contributed by atoms with van der Waals surface area (Å²) in [6, 6.07) is 11.4. The van der Waals surface area contributed by atoms with E-state index < -0.39 is 11.3 Å². The molecule has 2 heterocycles. The van der Waals surface area contributed by atoms with Crippen LogP contribution in [0.15, 0.2) is 53.5 Å².